The van der Waals surface area contributed by atoms with Gasteiger partial charge in [-0.25, -0.2) is 0 Å². The fourth-order valence-corrected chi connectivity index (χ4v) is 3.28. The molecule has 106 valence electrons. The van der Waals surface area contributed by atoms with Crippen molar-refractivity contribution in [2.24, 2.45) is 0 Å². The normalized spacial score (nSPS) is 11.4. The van der Waals surface area contributed by atoms with Crippen molar-refractivity contribution >= 4 is 20.9 Å². The Labute approximate surface area is 122 Å². The topological polar surface area (TPSA) is 63.6 Å². The Balaban J connectivity index is 2.14. The van der Waals surface area contributed by atoms with E-state index in [1.54, 1.807) is 54.6 Å². The predicted molar refractivity (Wildman–Crippen MR) is 79.9 cm³/mol. The predicted octanol–water partition coefficient (Wildman–Crippen LogP) is 3.31. The second-order valence-electron chi connectivity index (χ2n) is 4.48. The van der Waals surface area contributed by atoms with Gasteiger partial charge in [0.2, 0.25) is 0 Å². The van der Waals surface area contributed by atoms with Crippen LogP contribution in [0.25, 0.3) is 10.8 Å². The van der Waals surface area contributed by atoms with E-state index in [0.29, 0.717) is 10.8 Å². The van der Waals surface area contributed by atoms with Gasteiger partial charge in [-0.1, -0.05) is 42.5 Å². The van der Waals surface area contributed by atoms with Crippen LogP contribution < -0.4 is 4.18 Å². The maximum Gasteiger partial charge on any atom is 0.339 e. The van der Waals surface area contributed by atoms with Gasteiger partial charge in [-0.15, -0.1) is 0 Å². The highest BCUT2D eigenvalue weighted by molar-refractivity contribution is 7.87. The van der Waals surface area contributed by atoms with Gasteiger partial charge in [0.25, 0.3) is 0 Å². The van der Waals surface area contributed by atoms with Gasteiger partial charge in [-0.2, -0.15) is 8.42 Å². The Morgan fingerprint density at radius 1 is 0.762 bits per heavy atom. The molecule has 0 fully saturated rings. The van der Waals surface area contributed by atoms with E-state index in [2.05, 4.69) is 0 Å². The molecule has 0 amide bonds. The van der Waals surface area contributed by atoms with E-state index >= 15 is 0 Å². The third-order valence-electron chi connectivity index (χ3n) is 3.08. The van der Waals surface area contributed by atoms with Crippen LogP contribution in [-0.2, 0) is 10.1 Å². The Hall–Kier alpha value is -2.53. The minimum Gasteiger partial charge on any atom is -0.507 e. The summed E-state index contributed by atoms with van der Waals surface area (Å²) in [6.07, 6.45) is 0. The molecule has 0 aliphatic carbocycles. The van der Waals surface area contributed by atoms with Crippen LogP contribution in [0.4, 0.5) is 0 Å². The molecular weight excluding hydrogens is 288 g/mol. The summed E-state index contributed by atoms with van der Waals surface area (Å²) in [4.78, 5) is 0.0275. The monoisotopic (exact) mass is 300 g/mol. The SMILES string of the molecule is O=S(=O)(Oc1ccccc1)c1cccc2c(O)cccc12. The zero-order chi connectivity index (χ0) is 14.9. The number of aromatic hydroxyl groups is 1. The summed E-state index contributed by atoms with van der Waals surface area (Å²) in [5, 5.41) is 10.7. The van der Waals surface area contributed by atoms with E-state index in [0.717, 1.165) is 0 Å². The van der Waals surface area contributed by atoms with Crippen molar-refractivity contribution in [1.82, 2.24) is 0 Å². The molecule has 0 radical (unpaired) electrons. The van der Waals surface area contributed by atoms with Crippen LogP contribution in [0.15, 0.2) is 71.6 Å². The first-order chi connectivity index (χ1) is 10.1. The maximum absolute atomic E-state index is 12.4. The molecule has 0 aliphatic heterocycles. The number of benzene rings is 3. The van der Waals surface area contributed by atoms with Crippen LogP contribution in [0.1, 0.15) is 0 Å². The molecule has 3 rings (SSSR count). The molecule has 0 bridgehead atoms. The lowest BCUT2D eigenvalue weighted by atomic mass is 10.1. The van der Waals surface area contributed by atoms with Gasteiger partial charge in [-0.3, -0.25) is 0 Å². The summed E-state index contributed by atoms with van der Waals surface area (Å²) in [6.45, 7) is 0. The lowest BCUT2D eigenvalue weighted by Crippen LogP contribution is -2.10. The highest BCUT2D eigenvalue weighted by atomic mass is 32.2. The molecular formula is C16H12O4S. The molecule has 3 aromatic rings. The molecule has 3 aromatic carbocycles. The molecule has 0 heterocycles. The van der Waals surface area contributed by atoms with Gasteiger partial charge >= 0.3 is 10.1 Å². The molecule has 0 aromatic heterocycles. The highest BCUT2D eigenvalue weighted by Crippen LogP contribution is 2.30. The summed E-state index contributed by atoms with van der Waals surface area (Å²) < 4.78 is 30.0. The lowest BCUT2D eigenvalue weighted by molar-refractivity contribution is 0.481. The van der Waals surface area contributed by atoms with Crippen LogP contribution in [0.3, 0.4) is 0 Å². The van der Waals surface area contributed by atoms with Crippen LogP contribution in [0, 0.1) is 0 Å². The van der Waals surface area contributed by atoms with Gasteiger partial charge in [0.05, 0.1) is 0 Å². The first-order valence-corrected chi connectivity index (χ1v) is 7.69. The first-order valence-electron chi connectivity index (χ1n) is 6.28. The van der Waals surface area contributed by atoms with Crippen molar-refractivity contribution in [3.05, 3.63) is 66.7 Å². The molecule has 0 saturated carbocycles. The minimum absolute atomic E-state index is 0.0275. The van der Waals surface area contributed by atoms with Crippen LogP contribution in [0.2, 0.25) is 0 Å². The van der Waals surface area contributed by atoms with E-state index in [1.165, 1.54) is 12.1 Å². The van der Waals surface area contributed by atoms with Gasteiger partial charge < -0.3 is 9.29 Å². The summed E-state index contributed by atoms with van der Waals surface area (Å²) in [5.41, 5.74) is 0. The second kappa shape index (κ2) is 5.10. The quantitative estimate of drug-likeness (QED) is 0.754. The van der Waals surface area contributed by atoms with Crippen LogP contribution >= 0.6 is 0 Å². The molecule has 0 aliphatic rings. The zero-order valence-electron chi connectivity index (χ0n) is 10.9. The summed E-state index contributed by atoms with van der Waals surface area (Å²) in [7, 11) is -3.97. The zero-order valence-corrected chi connectivity index (χ0v) is 11.7. The average molecular weight is 300 g/mol. The van der Waals surface area contributed by atoms with E-state index in [9.17, 15) is 13.5 Å². The van der Waals surface area contributed by atoms with Crippen molar-refractivity contribution in [3.8, 4) is 11.5 Å². The van der Waals surface area contributed by atoms with Crippen molar-refractivity contribution in [1.29, 1.82) is 0 Å². The van der Waals surface area contributed by atoms with Gasteiger partial charge in [0.1, 0.15) is 16.4 Å². The maximum atomic E-state index is 12.4. The van der Waals surface area contributed by atoms with Crippen LogP contribution in [0.5, 0.6) is 11.5 Å². The number of para-hydroxylation sites is 1. The van der Waals surface area contributed by atoms with E-state index in [1.807, 2.05) is 0 Å². The summed E-state index contributed by atoms with van der Waals surface area (Å²) in [6, 6.07) is 17.7. The fourth-order valence-electron chi connectivity index (χ4n) is 2.13. The van der Waals surface area contributed by atoms with Gasteiger partial charge in [0.15, 0.2) is 0 Å². The number of phenols is 1. The standard InChI is InChI=1S/C16H12O4S/c17-15-10-4-9-14-13(15)8-5-11-16(14)21(18,19)20-12-6-2-1-3-7-12/h1-11,17H. The summed E-state index contributed by atoms with van der Waals surface area (Å²) >= 11 is 0. The molecule has 0 unspecified atom stereocenters. The minimum atomic E-state index is -3.97. The van der Waals surface area contributed by atoms with Crippen molar-refractivity contribution in [2.75, 3.05) is 0 Å². The van der Waals surface area contributed by atoms with E-state index < -0.39 is 10.1 Å². The highest BCUT2D eigenvalue weighted by Gasteiger charge is 2.20. The lowest BCUT2D eigenvalue weighted by Gasteiger charge is -2.10. The van der Waals surface area contributed by atoms with E-state index in [4.69, 9.17) is 4.18 Å². The molecule has 0 atom stereocenters. The van der Waals surface area contributed by atoms with Crippen molar-refractivity contribution < 1.29 is 17.7 Å². The average Bonchev–Trinajstić information content (AvgIpc) is 2.48. The Morgan fingerprint density at radius 2 is 1.43 bits per heavy atom. The molecule has 1 N–H and O–H groups in total. The Bertz CT molecular complexity index is 887. The van der Waals surface area contributed by atoms with Crippen molar-refractivity contribution in [3.63, 3.8) is 0 Å². The van der Waals surface area contributed by atoms with E-state index in [-0.39, 0.29) is 16.4 Å². The number of hydrogen-bond acceptors (Lipinski definition) is 4. The Kier molecular flexibility index (Phi) is 3.27. The number of phenolic OH excluding ortho intramolecular Hbond substituents is 1. The third-order valence-corrected chi connectivity index (χ3v) is 4.38. The Morgan fingerprint density at radius 3 is 2.19 bits per heavy atom. The van der Waals surface area contributed by atoms with Crippen LogP contribution in [-0.4, -0.2) is 13.5 Å². The van der Waals surface area contributed by atoms with Gasteiger partial charge in [0, 0.05) is 10.8 Å². The largest absolute Gasteiger partial charge is 0.507 e. The summed E-state index contributed by atoms with van der Waals surface area (Å²) in [5.74, 6) is 0.277. The number of fused-ring (bicyclic) bond motifs is 1. The smallest absolute Gasteiger partial charge is 0.339 e. The number of hydrogen-bond donors (Lipinski definition) is 1. The fraction of sp³-hybridized carbons (Fsp3) is 0. The molecule has 5 heteroatoms. The molecule has 0 saturated heterocycles. The van der Waals surface area contributed by atoms with Crippen molar-refractivity contribution in [2.45, 2.75) is 4.90 Å². The second-order valence-corrected chi connectivity index (χ2v) is 5.99. The first kappa shape index (κ1) is 13.5. The molecule has 0 spiro atoms. The molecule has 21 heavy (non-hydrogen) atoms. The molecule has 4 nitrogen and oxygen atoms in total. The third kappa shape index (κ3) is 2.55. The number of rotatable bonds is 3. The van der Waals surface area contributed by atoms with Gasteiger partial charge in [-0.05, 0) is 24.3 Å².